The molecule has 1 nitrogen and oxygen atoms in total. The standard InChI is InChI=1S/C9H10BrIO/c10-5-2-6-12-9-4-1-3-8(11)7-9/h1,3-4,7H,2,5-6H2. The highest BCUT2D eigenvalue weighted by Crippen LogP contribution is 2.14. The fraction of sp³-hybridized carbons (Fsp3) is 0.333. The van der Waals surface area contributed by atoms with E-state index in [-0.39, 0.29) is 0 Å². The quantitative estimate of drug-likeness (QED) is 0.463. The van der Waals surface area contributed by atoms with Gasteiger partial charge in [-0.15, -0.1) is 0 Å². The molecule has 0 bridgehead atoms. The van der Waals surface area contributed by atoms with Crippen molar-refractivity contribution in [1.82, 2.24) is 0 Å². The van der Waals surface area contributed by atoms with Crippen LogP contribution in [0.25, 0.3) is 0 Å². The lowest BCUT2D eigenvalue weighted by Crippen LogP contribution is -1.97. The van der Waals surface area contributed by atoms with Crippen molar-refractivity contribution in [2.45, 2.75) is 6.42 Å². The first-order valence-electron chi connectivity index (χ1n) is 3.77. The zero-order chi connectivity index (χ0) is 8.81. The van der Waals surface area contributed by atoms with Gasteiger partial charge in [0.15, 0.2) is 0 Å². The van der Waals surface area contributed by atoms with Crippen molar-refractivity contribution in [3.63, 3.8) is 0 Å². The van der Waals surface area contributed by atoms with Gasteiger partial charge in [-0.3, -0.25) is 0 Å². The molecule has 12 heavy (non-hydrogen) atoms. The van der Waals surface area contributed by atoms with Crippen LogP contribution in [0.2, 0.25) is 0 Å². The predicted octanol–water partition coefficient (Wildman–Crippen LogP) is 3.46. The topological polar surface area (TPSA) is 9.23 Å². The van der Waals surface area contributed by atoms with Gasteiger partial charge in [0, 0.05) is 8.90 Å². The van der Waals surface area contributed by atoms with Crippen LogP contribution in [0, 0.1) is 3.57 Å². The summed E-state index contributed by atoms with van der Waals surface area (Å²) in [5.74, 6) is 0.961. The molecule has 0 radical (unpaired) electrons. The molecule has 0 unspecified atom stereocenters. The third-order valence-electron chi connectivity index (χ3n) is 1.34. The van der Waals surface area contributed by atoms with E-state index in [0.717, 1.165) is 24.1 Å². The molecule has 1 rings (SSSR count). The zero-order valence-electron chi connectivity index (χ0n) is 6.59. The molecule has 1 aromatic rings. The molecule has 0 atom stereocenters. The molecule has 0 saturated heterocycles. The SMILES string of the molecule is BrCCCOc1cccc(I)c1. The van der Waals surface area contributed by atoms with Gasteiger partial charge in [0.25, 0.3) is 0 Å². The Balaban J connectivity index is 2.41. The molecule has 0 heterocycles. The summed E-state index contributed by atoms with van der Waals surface area (Å²) in [6, 6.07) is 8.08. The molecule has 3 heteroatoms. The van der Waals surface area contributed by atoms with Crippen LogP contribution in [0.4, 0.5) is 0 Å². The van der Waals surface area contributed by atoms with Gasteiger partial charge in [0.2, 0.25) is 0 Å². The highest BCUT2D eigenvalue weighted by Gasteiger charge is 1.92. The minimum Gasteiger partial charge on any atom is -0.494 e. The molecule has 0 fully saturated rings. The first kappa shape index (κ1) is 10.3. The average Bonchev–Trinajstić information content (AvgIpc) is 2.05. The van der Waals surface area contributed by atoms with E-state index in [2.05, 4.69) is 44.6 Å². The van der Waals surface area contributed by atoms with Gasteiger partial charge in [-0.1, -0.05) is 22.0 Å². The summed E-state index contributed by atoms with van der Waals surface area (Å²) in [4.78, 5) is 0. The van der Waals surface area contributed by atoms with Crippen molar-refractivity contribution in [3.05, 3.63) is 27.8 Å². The Morgan fingerprint density at radius 2 is 2.25 bits per heavy atom. The lowest BCUT2D eigenvalue weighted by molar-refractivity contribution is 0.319. The molecule has 66 valence electrons. The van der Waals surface area contributed by atoms with Gasteiger partial charge in [-0.2, -0.15) is 0 Å². The minimum atomic E-state index is 0.783. The second-order valence-corrected chi connectivity index (χ2v) is 4.39. The minimum absolute atomic E-state index is 0.783. The van der Waals surface area contributed by atoms with Crippen molar-refractivity contribution in [2.75, 3.05) is 11.9 Å². The number of ether oxygens (including phenoxy) is 1. The van der Waals surface area contributed by atoms with E-state index in [0.29, 0.717) is 0 Å². The van der Waals surface area contributed by atoms with E-state index in [4.69, 9.17) is 4.74 Å². The Morgan fingerprint density at radius 1 is 1.42 bits per heavy atom. The number of alkyl halides is 1. The molecule has 0 aliphatic carbocycles. The molecular formula is C9H10BrIO. The van der Waals surface area contributed by atoms with Crippen LogP contribution in [-0.2, 0) is 0 Å². The van der Waals surface area contributed by atoms with Crippen LogP contribution in [0.5, 0.6) is 5.75 Å². The molecule has 0 amide bonds. The van der Waals surface area contributed by atoms with E-state index in [1.807, 2.05) is 18.2 Å². The van der Waals surface area contributed by atoms with E-state index >= 15 is 0 Å². The third-order valence-corrected chi connectivity index (χ3v) is 2.57. The average molecular weight is 341 g/mol. The monoisotopic (exact) mass is 340 g/mol. The third kappa shape index (κ3) is 3.76. The summed E-state index contributed by atoms with van der Waals surface area (Å²) in [7, 11) is 0. The summed E-state index contributed by atoms with van der Waals surface area (Å²) in [6.07, 6.45) is 1.05. The van der Waals surface area contributed by atoms with Crippen molar-refractivity contribution in [2.24, 2.45) is 0 Å². The number of halogens is 2. The Labute approximate surface area is 94.8 Å². The van der Waals surface area contributed by atoms with Gasteiger partial charge < -0.3 is 4.74 Å². The molecule has 0 saturated carbocycles. The highest BCUT2D eigenvalue weighted by atomic mass is 127. The molecule has 1 aromatic carbocycles. The van der Waals surface area contributed by atoms with E-state index in [9.17, 15) is 0 Å². The molecule has 0 spiro atoms. The number of hydrogen-bond acceptors (Lipinski definition) is 1. The lowest BCUT2D eigenvalue weighted by atomic mass is 10.3. The van der Waals surface area contributed by atoms with Gasteiger partial charge in [0.1, 0.15) is 5.75 Å². The fourth-order valence-corrected chi connectivity index (χ4v) is 1.54. The zero-order valence-corrected chi connectivity index (χ0v) is 10.3. The van der Waals surface area contributed by atoms with Crippen molar-refractivity contribution in [3.8, 4) is 5.75 Å². The lowest BCUT2D eigenvalue weighted by Gasteiger charge is -2.04. The van der Waals surface area contributed by atoms with Crippen molar-refractivity contribution in [1.29, 1.82) is 0 Å². The molecule has 0 aliphatic rings. The normalized spacial score (nSPS) is 9.83. The second kappa shape index (κ2) is 5.80. The highest BCUT2D eigenvalue weighted by molar-refractivity contribution is 14.1. The number of hydrogen-bond donors (Lipinski definition) is 0. The number of benzene rings is 1. The summed E-state index contributed by atoms with van der Waals surface area (Å²) < 4.78 is 6.70. The van der Waals surface area contributed by atoms with Crippen molar-refractivity contribution < 1.29 is 4.74 Å². The number of rotatable bonds is 4. The first-order chi connectivity index (χ1) is 5.83. The van der Waals surface area contributed by atoms with E-state index in [1.165, 1.54) is 3.57 Å². The Hall–Kier alpha value is 0.230. The molecule has 0 aromatic heterocycles. The maximum atomic E-state index is 5.49. The maximum Gasteiger partial charge on any atom is 0.120 e. The Bertz CT molecular complexity index is 240. The Morgan fingerprint density at radius 3 is 2.92 bits per heavy atom. The van der Waals surface area contributed by atoms with E-state index < -0.39 is 0 Å². The molecule has 0 N–H and O–H groups in total. The van der Waals surface area contributed by atoms with E-state index in [1.54, 1.807) is 0 Å². The van der Waals surface area contributed by atoms with Crippen LogP contribution < -0.4 is 4.74 Å². The summed E-state index contributed by atoms with van der Waals surface area (Å²) in [6.45, 7) is 0.783. The van der Waals surface area contributed by atoms with Gasteiger partial charge in [-0.05, 0) is 47.2 Å². The van der Waals surface area contributed by atoms with Crippen LogP contribution in [0.3, 0.4) is 0 Å². The first-order valence-corrected chi connectivity index (χ1v) is 5.97. The second-order valence-electron chi connectivity index (χ2n) is 2.35. The fourth-order valence-electron chi connectivity index (χ4n) is 0.801. The van der Waals surface area contributed by atoms with Crippen LogP contribution in [0.1, 0.15) is 6.42 Å². The summed E-state index contributed by atoms with van der Waals surface area (Å²) in [5.41, 5.74) is 0. The van der Waals surface area contributed by atoms with Crippen LogP contribution >= 0.6 is 38.5 Å². The summed E-state index contributed by atoms with van der Waals surface area (Å²) in [5, 5.41) is 0.997. The van der Waals surface area contributed by atoms with Crippen LogP contribution in [-0.4, -0.2) is 11.9 Å². The van der Waals surface area contributed by atoms with Gasteiger partial charge >= 0.3 is 0 Å². The molecular weight excluding hydrogens is 331 g/mol. The molecule has 0 aliphatic heterocycles. The summed E-state index contributed by atoms with van der Waals surface area (Å²) >= 11 is 5.63. The maximum absolute atomic E-state index is 5.49. The largest absolute Gasteiger partial charge is 0.494 e. The van der Waals surface area contributed by atoms with Crippen molar-refractivity contribution >= 4 is 38.5 Å². The van der Waals surface area contributed by atoms with Gasteiger partial charge in [-0.25, -0.2) is 0 Å². The van der Waals surface area contributed by atoms with Crippen LogP contribution in [0.15, 0.2) is 24.3 Å². The smallest absolute Gasteiger partial charge is 0.120 e. The Kier molecular flexibility index (Phi) is 4.99. The predicted molar refractivity (Wildman–Crippen MR) is 63.1 cm³/mol. The van der Waals surface area contributed by atoms with Gasteiger partial charge in [0.05, 0.1) is 6.61 Å².